The number of halogens is 4. The van der Waals surface area contributed by atoms with Crippen LogP contribution >= 0.6 is 0 Å². The number of aromatic nitrogens is 2. The highest BCUT2D eigenvalue weighted by Crippen LogP contribution is 2.39. The standard InChI is InChI=1S/C27H22F4N4O2/c1-27(30,31)26(37)33-22-13-24(36)35(25(22)17-4-8-20(29)9-5-17)21-10-11-23-18(12-21)14-32-34(23)15-16-2-6-19(28)7-3-16/h2-12,14,22,25H,13,15H2,1H3,(H,33,37)/t22-,25+/m0/s1. The molecule has 6 nitrogen and oxygen atoms in total. The second-order valence-corrected chi connectivity index (χ2v) is 9.10. The Morgan fingerprint density at radius 2 is 1.68 bits per heavy atom. The third-order valence-corrected chi connectivity index (χ3v) is 6.40. The number of nitrogens with one attached hydrogen (secondary N) is 1. The Bertz CT molecular complexity index is 1460. The molecule has 2 atom stereocenters. The molecule has 1 aliphatic rings. The SMILES string of the molecule is CC(F)(F)C(=O)N[C@H]1CC(=O)N(c2ccc3c(cnn3Cc3ccc(F)cc3)c2)[C@@H]1c1ccc(F)cc1. The topological polar surface area (TPSA) is 67.2 Å². The molecule has 1 aromatic heterocycles. The average Bonchev–Trinajstić information content (AvgIpc) is 3.40. The fourth-order valence-electron chi connectivity index (χ4n) is 4.62. The van der Waals surface area contributed by atoms with Gasteiger partial charge in [-0.3, -0.25) is 14.3 Å². The molecule has 0 saturated carbocycles. The number of alkyl halides is 2. The second-order valence-electron chi connectivity index (χ2n) is 9.10. The predicted octanol–water partition coefficient (Wildman–Crippen LogP) is 4.98. The van der Waals surface area contributed by atoms with Crippen LogP contribution in [0.25, 0.3) is 10.9 Å². The van der Waals surface area contributed by atoms with Crippen LogP contribution in [-0.4, -0.2) is 33.6 Å². The largest absolute Gasteiger partial charge is 0.345 e. The zero-order valence-electron chi connectivity index (χ0n) is 19.7. The molecule has 5 rings (SSSR count). The number of fused-ring (bicyclic) bond motifs is 1. The van der Waals surface area contributed by atoms with Gasteiger partial charge in [-0.15, -0.1) is 0 Å². The number of carbonyl (C=O) groups excluding carboxylic acids is 2. The maximum Gasteiger partial charge on any atom is 0.321 e. The quantitative estimate of drug-likeness (QED) is 0.372. The van der Waals surface area contributed by atoms with Crippen molar-refractivity contribution in [2.75, 3.05) is 4.90 Å². The lowest BCUT2D eigenvalue weighted by Gasteiger charge is -2.29. The minimum atomic E-state index is -3.62. The molecule has 0 spiro atoms. The minimum Gasteiger partial charge on any atom is -0.345 e. The summed E-state index contributed by atoms with van der Waals surface area (Å²) >= 11 is 0. The lowest BCUT2D eigenvalue weighted by molar-refractivity contribution is -0.143. The summed E-state index contributed by atoms with van der Waals surface area (Å²) in [6.45, 7) is 0.893. The number of hydrogen-bond donors (Lipinski definition) is 1. The van der Waals surface area contributed by atoms with Gasteiger partial charge in [-0.1, -0.05) is 24.3 Å². The summed E-state index contributed by atoms with van der Waals surface area (Å²) in [6.07, 6.45) is 1.43. The van der Waals surface area contributed by atoms with Crippen molar-refractivity contribution in [2.45, 2.75) is 37.9 Å². The van der Waals surface area contributed by atoms with E-state index in [1.807, 2.05) is 0 Å². The number of benzene rings is 3. The van der Waals surface area contributed by atoms with Crippen molar-refractivity contribution < 1.29 is 27.2 Å². The molecule has 2 amide bonds. The Morgan fingerprint density at radius 3 is 2.32 bits per heavy atom. The Balaban J connectivity index is 1.49. The number of hydrogen-bond acceptors (Lipinski definition) is 3. The van der Waals surface area contributed by atoms with Gasteiger partial charge in [0.25, 0.3) is 5.91 Å². The van der Waals surface area contributed by atoms with E-state index in [1.165, 1.54) is 41.3 Å². The van der Waals surface area contributed by atoms with Gasteiger partial charge in [-0.2, -0.15) is 13.9 Å². The monoisotopic (exact) mass is 510 g/mol. The van der Waals surface area contributed by atoms with Crippen LogP contribution in [0, 0.1) is 11.6 Å². The fourth-order valence-corrected chi connectivity index (χ4v) is 4.62. The molecule has 4 aromatic rings. The van der Waals surface area contributed by atoms with Gasteiger partial charge >= 0.3 is 5.92 Å². The van der Waals surface area contributed by atoms with E-state index < -0.39 is 29.7 Å². The summed E-state index contributed by atoms with van der Waals surface area (Å²) in [6, 6.07) is 14.9. The van der Waals surface area contributed by atoms with Crippen LogP contribution in [0.4, 0.5) is 23.2 Å². The molecule has 10 heteroatoms. The van der Waals surface area contributed by atoms with E-state index in [-0.39, 0.29) is 18.1 Å². The molecule has 0 aliphatic carbocycles. The first-order valence-corrected chi connectivity index (χ1v) is 11.6. The zero-order chi connectivity index (χ0) is 26.3. The molecule has 1 aliphatic heterocycles. The molecule has 37 heavy (non-hydrogen) atoms. The van der Waals surface area contributed by atoms with Crippen LogP contribution in [0.1, 0.15) is 30.5 Å². The highest BCUT2D eigenvalue weighted by atomic mass is 19.3. The van der Waals surface area contributed by atoms with E-state index in [2.05, 4.69) is 10.4 Å². The molecule has 0 radical (unpaired) electrons. The molecule has 190 valence electrons. The molecule has 1 saturated heterocycles. The van der Waals surface area contributed by atoms with Gasteiger partial charge in [0.1, 0.15) is 11.6 Å². The van der Waals surface area contributed by atoms with E-state index in [0.717, 1.165) is 16.5 Å². The van der Waals surface area contributed by atoms with Crippen LogP contribution in [0.15, 0.2) is 72.9 Å². The maximum atomic E-state index is 13.6. The highest BCUT2D eigenvalue weighted by Gasteiger charge is 2.45. The van der Waals surface area contributed by atoms with Crippen LogP contribution in [-0.2, 0) is 16.1 Å². The van der Waals surface area contributed by atoms with Crippen LogP contribution in [0.3, 0.4) is 0 Å². The first-order chi connectivity index (χ1) is 17.6. The predicted molar refractivity (Wildman–Crippen MR) is 129 cm³/mol. The summed E-state index contributed by atoms with van der Waals surface area (Å²) in [4.78, 5) is 26.6. The number of carbonyl (C=O) groups is 2. The summed E-state index contributed by atoms with van der Waals surface area (Å²) in [5, 5.41) is 7.42. The van der Waals surface area contributed by atoms with Gasteiger partial charge in [0.05, 0.1) is 30.3 Å². The smallest absolute Gasteiger partial charge is 0.321 e. The first-order valence-electron chi connectivity index (χ1n) is 11.6. The average molecular weight is 510 g/mol. The molecule has 0 unspecified atom stereocenters. The van der Waals surface area contributed by atoms with Gasteiger partial charge in [0, 0.05) is 24.4 Å². The summed E-state index contributed by atoms with van der Waals surface area (Å²) < 4.78 is 55.9. The van der Waals surface area contributed by atoms with E-state index in [4.69, 9.17) is 0 Å². The first kappa shape index (κ1) is 24.5. The highest BCUT2D eigenvalue weighted by molar-refractivity contribution is 6.00. The minimum absolute atomic E-state index is 0.203. The number of nitrogens with zero attached hydrogens (tertiary/aromatic N) is 3. The molecule has 3 aromatic carbocycles. The van der Waals surface area contributed by atoms with Gasteiger partial charge in [-0.05, 0) is 53.6 Å². The summed E-state index contributed by atoms with van der Waals surface area (Å²) in [5.41, 5.74) is 2.60. The third-order valence-electron chi connectivity index (χ3n) is 6.40. The van der Waals surface area contributed by atoms with Crippen molar-refractivity contribution in [3.05, 3.63) is 95.7 Å². The zero-order valence-corrected chi connectivity index (χ0v) is 19.7. The number of anilines is 1. The second kappa shape index (κ2) is 9.34. The molecular weight excluding hydrogens is 488 g/mol. The van der Waals surface area contributed by atoms with E-state index in [0.29, 0.717) is 24.7 Å². The molecule has 1 N–H and O–H groups in total. The van der Waals surface area contributed by atoms with Crippen molar-refractivity contribution in [2.24, 2.45) is 0 Å². The number of rotatable bonds is 6. The van der Waals surface area contributed by atoms with Crippen molar-refractivity contribution in [1.82, 2.24) is 15.1 Å². The van der Waals surface area contributed by atoms with Crippen molar-refractivity contribution in [3.8, 4) is 0 Å². The summed E-state index contributed by atoms with van der Waals surface area (Å²) in [5.74, 6) is -6.31. The van der Waals surface area contributed by atoms with E-state index in [1.54, 1.807) is 41.2 Å². The normalized spacial score (nSPS) is 18.0. The third kappa shape index (κ3) is 4.91. The maximum absolute atomic E-state index is 13.6. The van der Waals surface area contributed by atoms with Gasteiger partial charge in [0.15, 0.2) is 0 Å². The van der Waals surface area contributed by atoms with Gasteiger partial charge in [-0.25, -0.2) is 8.78 Å². The number of amides is 2. The Morgan fingerprint density at radius 1 is 1.03 bits per heavy atom. The van der Waals surface area contributed by atoms with Crippen molar-refractivity contribution >= 4 is 28.4 Å². The molecule has 2 heterocycles. The Kier molecular flexibility index (Phi) is 6.18. The van der Waals surface area contributed by atoms with Crippen molar-refractivity contribution in [3.63, 3.8) is 0 Å². The van der Waals surface area contributed by atoms with Crippen LogP contribution < -0.4 is 10.2 Å². The lowest BCUT2D eigenvalue weighted by Crippen LogP contribution is -2.46. The summed E-state index contributed by atoms with van der Waals surface area (Å²) in [7, 11) is 0. The van der Waals surface area contributed by atoms with E-state index >= 15 is 0 Å². The van der Waals surface area contributed by atoms with Gasteiger partial charge < -0.3 is 10.2 Å². The van der Waals surface area contributed by atoms with E-state index in [9.17, 15) is 27.2 Å². The molecule has 1 fully saturated rings. The Hall–Kier alpha value is -4.21. The Labute approximate surface area is 209 Å². The lowest BCUT2D eigenvalue weighted by atomic mass is 9.99. The molecule has 0 bridgehead atoms. The fraction of sp³-hybridized carbons (Fsp3) is 0.222. The van der Waals surface area contributed by atoms with Crippen LogP contribution in [0.5, 0.6) is 0 Å². The van der Waals surface area contributed by atoms with Crippen molar-refractivity contribution in [1.29, 1.82) is 0 Å². The molecular formula is C27H22F4N4O2. The van der Waals surface area contributed by atoms with Gasteiger partial charge in [0.2, 0.25) is 5.91 Å². The van der Waals surface area contributed by atoms with Crippen LogP contribution in [0.2, 0.25) is 0 Å².